The van der Waals surface area contributed by atoms with Crippen LogP contribution in [-0.2, 0) is 0 Å². The van der Waals surface area contributed by atoms with E-state index in [1.54, 1.807) is 12.4 Å². The van der Waals surface area contributed by atoms with E-state index in [1.807, 2.05) is 19.2 Å². The van der Waals surface area contributed by atoms with Crippen molar-refractivity contribution in [3.8, 4) is 11.4 Å². The lowest BCUT2D eigenvalue weighted by Gasteiger charge is -2.06. The Hall–Kier alpha value is -1.75. The molecule has 0 aliphatic heterocycles. The molecule has 16 heavy (non-hydrogen) atoms. The zero-order valence-corrected chi connectivity index (χ0v) is 9.34. The summed E-state index contributed by atoms with van der Waals surface area (Å²) in [7, 11) is 1.88. The summed E-state index contributed by atoms with van der Waals surface area (Å²) < 4.78 is 5.21. The molecule has 0 saturated carbocycles. The molecular weight excluding hydrogens is 204 g/mol. The maximum Gasteiger partial charge on any atom is 0.244 e. The molecule has 2 aromatic rings. The third kappa shape index (κ3) is 2.09. The van der Waals surface area contributed by atoms with Crippen molar-refractivity contribution in [1.82, 2.24) is 20.4 Å². The first-order valence-electron chi connectivity index (χ1n) is 5.26. The minimum atomic E-state index is 0.109. The summed E-state index contributed by atoms with van der Waals surface area (Å²) in [5.41, 5.74) is 0.864. The molecule has 0 aliphatic rings. The predicted octanol–water partition coefficient (Wildman–Crippen LogP) is 1.80. The summed E-state index contributed by atoms with van der Waals surface area (Å²) in [5.74, 6) is 1.20. The Bertz CT molecular complexity index is 436. The Labute approximate surface area is 93.9 Å². The van der Waals surface area contributed by atoms with Crippen LogP contribution in [0.15, 0.2) is 29.0 Å². The van der Waals surface area contributed by atoms with E-state index in [9.17, 15) is 0 Å². The molecule has 0 fully saturated rings. The van der Waals surface area contributed by atoms with Crippen LogP contribution in [0.3, 0.4) is 0 Å². The van der Waals surface area contributed by atoms with E-state index in [1.165, 1.54) is 0 Å². The van der Waals surface area contributed by atoms with Crippen molar-refractivity contribution in [2.75, 3.05) is 7.05 Å². The van der Waals surface area contributed by atoms with E-state index in [4.69, 9.17) is 4.52 Å². The lowest BCUT2D eigenvalue weighted by molar-refractivity contribution is 0.334. The van der Waals surface area contributed by atoms with Gasteiger partial charge in [0.05, 0.1) is 6.04 Å². The molecule has 2 aromatic heterocycles. The third-order valence-corrected chi connectivity index (χ3v) is 2.42. The first-order valence-corrected chi connectivity index (χ1v) is 5.26. The Morgan fingerprint density at radius 1 is 1.50 bits per heavy atom. The fourth-order valence-corrected chi connectivity index (χ4v) is 1.49. The van der Waals surface area contributed by atoms with Gasteiger partial charge in [-0.05, 0) is 25.6 Å². The molecule has 2 rings (SSSR count). The molecule has 2 heterocycles. The monoisotopic (exact) mass is 218 g/mol. The zero-order chi connectivity index (χ0) is 11.4. The van der Waals surface area contributed by atoms with Gasteiger partial charge in [0.15, 0.2) is 0 Å². The largest absolute Gasteiger partial charge is 0.337 e. The van der Waals surface area contributed by atoms with Crippen LogP contribution in [0.2, 0.25) is 0 Å². The van der Waals surface area contributed by atoms with Crippen molar-refractivity contribution in [2.45, 2.75) is 19.4 Å². The van der Waals surface area contributed by atoms with E-state index in [2.05, 4.69) is 27.4 Å². The lowest BCUT2D eigenvalue weighted by atomic mass is 10.2. The third-order valence-electron chi connectivity index (χ3n) is 2.42. The molecule has 5 nitrogen and oxygen atoms in total. The Balaban J connectivity index is 2.26. The van der Waals surface area contributed by atoms with Crippen molar-refractivity contribution in [2.24, 2.45) is 0 Å². The lowest BCUT2D eigenvalue weighted by Crippen LogP contribution is -2.15. The predicted molar refractivity (Wildman–Crippen MR) is 59.6 cm³/mol. The van der Waals surface area contributed by atoms with E-state index in [0.29, 0.717) is 11.7 Å². The van der Waals surface area contributed by atoms with Crippen molar-refractivity contribution in [1.29, 1.82) is 0 Å². The van der Waals surface area contributed by atoms with Gasteiger partial charge in [-0.25, -0.2) is 0 Å². The minimum Gasteiger partial charge on any atom is -0.337 e. The van der Waals surface area contributed by atoms with Crippen LogP contribution in [0.25, 0.3) is 11.4 Å². The standard InChI is InChI=1S/C11H14N4O/c1-3-9(12-2)11-14-10(15-16-11)8-5-4-6-13-7-8/h4-7,9,12H,3H2,1-2H3. The second-order valence-corrected chi connectivity index (χ2v) is 3.45. The van der Waals surface area contributed by atoms with Gasteiger partial charge in [-0.2, -0.15) is 4.98 Å². The highest BCUT2D eigenvalue weighted by Crippen LogP contribution is 2.18. The maximum absolute atomic E-state index is 5.21. The Kier molecular flexibility index (Phi) is 3.26. The normalized spacial score (nSPS) is 12.6. The van der Waals surface area contributed by atoms with Gasteiger partial charge in [-0.15, -0.1) is 0 Å². The quantitative estimate of drug-likeness (QED) is 0.847. The second-order valence-electron chi connectivity index (χ2n) is 3.45. The van der Waals surface area contributed by atoms with Gasteiger partial charge < -0.3 is 9.84 Å². The SMILES string of the molecule is CCC(NC)c1nc(-c2cccnc2)no1. The molecule has 0 amide bonds. The fourth-order valence-electron chi connectivity index (χ4n) is 1.49. The number of aromatic nitrogens is 3. The number of pyridine rings is 1. The molecule has 1 unspecified atom stereocenters. The Morgan fingerprint density at radius 3 is 3.00 bits per heavy atom. The number of hydrogen-bond acceptors (Lipinski definition) is 5. The van der Waals surface area contributed by atoms with Crippen molar-refractivity contribution in [3.05, 3.63) is 30.4 Å². The van der Waals surface area contributed by atoms with Crippen molar-refractivity contribution >= 4 is 0 Å². The van der Waals surface area contributed by atoms with Gasteiger partial charge in [0.1, 0.15) is 0 Å². The molecule has 0 radical (unpaired) electrons. The summed E-state index contributed by atoms with van der Waals surface area (Å²) in [6.07, 6.45) is 4.34. The summed E-state index contributed by atoms with van der Waals surface area (Å²) in [4.78, 5) is 8.36. The first kappa shape index (κ1) is 10.8. The number of hydrogen-bond donors (Lipinski definition) is 1. The van der Waals surface area contributed by atoms with Gasteiger partial charge in [0.25, 0.3) is 0 Å². The first-order chi connectivity index (χ1) is 7.85. The van der Waals surface area contributed by atoms with Gasteiger partial charge in [0, 0.05) is 18.0 Å². The molecule has 0 spiro atoms. The van der Waals surface area contributed by atoms with Gasteiger partial charge in [-0.1, -0.05) is 12.1 Å². The average Bonchev–Trinajstić information content (AvgIpc) is 2.81. The van der Waals surface area contributed by atoms with Crippen molar-refractivity contribution in [3.63, 3.8) is 0 Å². The summed E-state index contributed by atoms with van der Waals surface area (Å²) in [6, 6.07) is 3.86. The minimum absolute atomic E-state index is 0.109. The number of nitrogens with zero attached hydrogens (tertiary/aromatic N) is 3. The number of rotatable bonds is 4. The van der Waals surface area contributed by atoms with Crippen LogP contribution >= 0.6 is 0 Å². The fraction of sp³-hybridized carbons (Fsp3) is 0.364. The molecule has 0 aromatic carbocycles. The van der Waals surface area contributed by atoms with Crippen LogP contribution in [0, 0.1) is 0 Å². The highest BCUT2D eigenvalue weighted by atomic mass is 16.5. The van der Waals surface area contributed by atoms with E-state index in [0.717, 1.165) is 12.0 Å². The molecule has 0 aliphatic carbocycles. The van der Waals surface area contributed by atoms with Crippen LogP contribution in [0.4, 0.5) is 0 Å². The van der Waals surface area contributed by atoms with E-state index >= 15 is 0 Å². The topological polar surface area (TPSA) is 63.8 Å². The van der Waals surface area contributed by atoms with Crippen LogP contribution in [0.1, 0.15) is 25.3 Å². The summed E-state index contributed by atoms with van der Waals surface area (Å²) >= 11 is 0. The van der Waals surface area contributed by atoms with Crippen LogP contribution in [0.5, 0.6) is 0 Å². The highest BCUT2D eigenvalue weighted by molar-refractivity contribution is 5.51. The molecular formula is C11H14N4O. The zero-order valence-electron chi connectivity index (χ0n) is 9.34. The molecule has 1 N–H and O–H groups in total. The van der Waals surface area contributed by atoms with Crippen LogP contribution < -0.4 is 5.32 Å². The summed E-state index contributed by atoms with van der Waals surface area (Å²) in [6.45, 7) is 2.06. The van der Waals surface area contributed by atoms with Crippen molar-refractivity contribution < 1.29 is 4.52 Å². The molecule has 0 bridgehead atoms. The summed E-state index contributed by atoms with van der Waals surface area (Å²) in [5, 5.41) is 7.06. The van der Waals surface area contributed by atoms with E-state index < -0.39 is 0 Å². The highest BCUT2D eigenvalue weighted by Gasteiger charge is 2.15. The van der Waals surface area contributed by atoms with Gasteiger partial charge in [-0.3, -0.25) is 4.98 Å². The van der Waals surface area contributed by atoms with Gasteiger partial charge in [0.2, 0.25) is 11.7 Å². The van der Waals surface area contributed by atoms with Crippen LogP contribution in [-0.4, -0.2) is 22.2 Å². The van der Waals surface area contributed by atoms with E-state index in [-0.39, 0.29) is 6.04 Å². The number of nitrogens with one attached hydrogen (secondary N) is 1. The maximum atomic E-state index is 5.21. The second kappa shape index (κ2) is 4.85. The smallest absolute Gasteiger partial charge is 0.244 e. The average molecular weight is 218 g/mol. The molecule has 5 heteroatoms. The Morgan fingerprint density at radius 2 is 2.38 bits per heavy atom. The molecule has 0 saturated heterocycles. The molecule has 1 atom stereocenters. The van der Waals surface area contributed by atoms with Gasteiger partial charge >= 0.3 is 0 Å². The molecule has 84 valence electrons.